The molecule has 0 aromatic heterocycles. The van der Waals surface area contributed by atoms with Gasteiger partial charge in [0.15, 0.2) is 9.84 Å². The van der Waals surface area contributed by atoms with E-state index in [1.54, 1.807) is 19.9 Å². The molecule has 1 amide bonds. The topological polar surface area (TPSA) is 75.3 Å². The van der Waals surface area contributed by atoms with Crippen molar-refractivity contribution in [3.63, 3.8) is 0 Å². The minimum absolute atomic E-state index is 0.0972. The zero-order valence-electron chi connectivity index (χ0n) is 12.7. The number of sulfone groups is 1. The van der Waals surface area contributed by atoms with Crippen molar-refractivity contribution in [1.29, 1.82) is 0 Å². The number of nitrogens with one attached hydrogen (secondary N) is 2. The van der Waals surface area contributed by atoms with Crippen LogP contribution in [0.2, 0.25) is 0 Å². The van der Waals surface area contributed by atoms with Crippen LogP contribution in [-0.2, 0) is 22.8 Å². The Morgan fingerprint density at radius 3 is 2.71 bits per heavy atom. The lowest BCUT2D eigenvalue weighted by Gasteiger charge is -2.23. The highest BCUT2D eigenvalue weighted by Crippen LogP contribution is 2.17. The highest BCUT2D eigenvalue weighted by Gasteiger charge is 2.30. The highest BCUT2D eigenvalue weighted by atomic mass is 32.2. The van der Waals surface area contributed by atoms with Gasteiger partial charge in [-0.15, -0.1) is 0 Å². The highest BCUT2D eigenvalue weighted by molar-refractivity contribution is 7.92. The maximum Gasteiger partial charge on any atom is 0.251 e. The van der Waals surface area contributed by atoms with Gasteiger partial charge in [-0.05, 0) is 50.1 Å². The van der Waals surface area contributed by atoms with Crippen LogP contribution in [0.15, 0.2) is 18.2 Å². The van der Waals surface area contributed by atoms with E-state index >= 15 is 0 Å². The second kappa shape index (κ2) is 5.77. The number of rotatable bonds is 4. The second-order valence-corrected chi connectivity index (χ2v) is 8.77. The van der Waals surface area contributed by atoms with Crippen molar-refractivity contribution in [3.8, 4) is 0 Å². The predicted molar refractivity (Wildman–Crippen MR) is 83.1 cm³/mol. The summed E-state index contributed by atoms with van der Waals surface area (Å²) in [5, 5.41) is 5.99. The largest absolute Gasteiger partial charge is 0.350 e. The maximum absolute atomic E-state index is 12.2. The summed E-state index contributed by atoms with van der Waals surface area (Å²) in [6.07, 6.45) is 2.15. The van der Waals surface area contributed by atoms with Crippen LogP contribution < -0.4 is 10.6 Å². The van der Waals surface area contributed by atoms with Crippen LogP contribution in [-0.4, -0.2) is 38.4 Å². The van der Waals surface area contributed by atoms with Crippen molar-refractivity contribution in [2.75, 3.05) is 19.3 Å². The van der Waals surface area contributed by atoms with Crippen LogP contribution >= 0.6 is 0 Å². The Hall–Kier alpha value is -1.40. The predicted octanol–water partition coefficient (Wildman–Crippen LogP) is 0.885. The van der Waals surface area contributed by atoms with E-state index in [-0.39, 0.29) is 12.5 Å². The molecule has 0 aliphatic carbocycles. The van der Waals surface area contributed by atoms with E-state index in [1.807, 2.05) is 12.1 Å². The molecule has 5 nitrogen and oxygen atoms in total. The van der Waals surface area contributed by atoms with Crippen LogP contribution in [0, 0.1) is 0 Å². The van der Waals surface area contributed by atoms with E-state index in [0.29, 0.717) is 5.56 Å². The summed E-state index contributed by atoms with van der Waals surface area (Å²) >= 11 is 0. The molecule has 1 aromatic rings. The molecule has 116 valence electrons. The van der Waals surface area contributed by atoms with Gasteiger partial charge in [0.1, 0.15) is 0 Å². The first-order valence-electron chi connectivity index (χ1n) is 7.01. The van der Waals surface area contributed by atoms with E-state index in [2.05, 4.69) is 10.6 Å². The Labute approximate surface area is 126 Å². The molecule has 0 saturated heterocycles. The number of fused-ring (bicyclic) bond motifs is 1. The third-order valence-corrected chi connectivity index (χ3v) is 6.19. The molecule has 0 radical (unpaired) electrons. The minimum Gasteiger partial charge on any atom is -0.350 e. The Morgan fingerprint density at radius 2 is 2.05 bits per heavy atom. The Kier molecular flexibility index (Phi) is 4.39. The van der Waals surface area contributed by atoms with Crippen molar-refractivity contribution in [3.05, 3.63) is 34.9 Å². The minimum atomic E-state index is -3.22. The molecule has 0 unspecified atom stereocenters. The standard InChI is InChI=1S/C15H22N2O3S/c1-15(2,21(3,19)20)10-17-14(18)12-5-4-11-6-7-16-9-13(11)8-12/h4-5,8,16H,6-7,9-10H2,1-3H3,(H,17,18). The Balaban J connectivity index is 2.08. The zero-order chi connectivity index (χ0) is 15.7. The van der Waals surface area contributed by atoms with Gasteiger partial charge in [-0.3, -0.25) is 4.79 Å². The molecule has 0 saturated carbocycles. The van der Waals surface area contributed by atoms with Gasteiger partial charge in [0.2, 0.25) is 0 Å². The first kappa shape index (κ1) is 16.0. The smallest absolute Gasteiger partial charge is 0.251 e. The fraction of sp³-hybridized carbons (Fsp3) is 0.533. The normalized spacial score (nSPS) is 15.4. The Morgan fingerprint density at radius 1 is 1.33 bits per heavy atom. The molecule has 1 aliphatic heterocycles. The first-order valence-corrected chi connectivity index (χ1v) is 8.90. The van der Waals surface area contributed by atoms with Gasteiger partial charge in [-0.2, -0.15) is 0 Å². The van der Waals surface area contributed by atoms with Crippen LogP contribution in [0.5, 0.6) is 0 Å². The van der Waals surface area contributed by atoms with Crippen molar-refractivity contribution >= 4 is 15.7 Å². The molecule has 0 bridgehead atoms. The van der Waals surface area contributed by atoms with Crippen LogP contribution in [0.3, 0.4) is 0 Å². The first-order chi connectivity index (χ1) is 9.71. The maximum atomic E-state index is 12.2. The third kappa shape index (κ3) is 3.63. The van der Waals surface area contributed by atoms with Crippen LogP contribution in [0.25, 0.3) is 0 Å². The van der Waals surface area contributed by atoms with Gasteiger partial charge in [0, 0.05) is 24.9 Å². The quantitative estimate of drug-likeness (QED) is 0.866. The summed E-state index contributed by atoms with van der Waals surface area (Å²) in [5.41, 5.74) is 2.97. The fourth-order valence-corrected chi connectivity index (χ4v) is 2.48. The van der Waals surface area contributed by atoms with Gasteiger partial charge in [0.05, 0.1) is 4.75 Å². The Bertz CT molecular complexity index is 651. The molecule has 0 atom stereocenters. The van der Waals surface area contributed by atoms with E-state index in [1.165, 1.54) is 11.8 Å². The number of carbonyl (C=O) groups is 1. The molecule has 21 heavy (non-hydrogen) atoms. The van der Waals surface area contributed by atoms with Crippen molar-refractivity contribution in [1.82, 2.24) is 10.6 Å². The van der Waals surface area contributed by atoms with Crippen molar-refractivity contribution in [2.24, 2.45) is 0 Å². The van der Waals surface area contributed by atoms with Crippen LogP contribution in [0.1, 0.15) is 35.3 Å². The third-order valence-electron chi connectivity index (χ3n) is 4.03. The monoisotopic (exact) mass is 310 g/mol. The number of hydrogen-bond donors (Lipinski definition) is 2. The SMILES string of the molecule is CC(C)(CNC(=O)c1ccc2c(c1)CNCC2)S(C)(=O)=O. The van der Waals surface area contributed by atoms with Gasteiger partial charge >= 0.3 is 0 Å². The molecule has 0 spiro atoms. The number of carbonyl (C=O) groups excluding carboxylic acids is 1. The summed E-state index contributed by atoms with van der Waals surface area (Å²) in [6.45, 7) is 5.05. The van der Waals surface area contributed by atoms with Crippen LogP contribution in [0.4, 0.5) is 0 Å². The van der Waals surface area contributed by atoms with E-state index in [4.69, 9.17) is 0 Å². The molecule has 0 fully saturated rings. The second-order valence-electron chi connectivity index (χ2n) is 6.12. The van der Waals surface area contributed by atoms with Gasteiger partial charge in [0.25, 0.3) is 5.91 Å². The van der Waals surface area contributed by atoms with Gasteiger partial charge in [-0.25, -0.2) is 8.42 Å². The average Bonchev–Trinajstić information content (AvgIpc) is 2.43. The summed E-state index contributed by atoms with van der Waals surface area (Å²) in [7, 11) is -3.22. The molecular formula is C15H22N2O3S. The molecule has 1 aliphatic rings. The summed E-state index contributed by atoms with van der Waals surface area (Å²) in [6, 6.07) is 5.66. The van der Waals surface area contributed by atoms with E-state index < -0.39 is 14.6 Å². The number of hydrogen-bond acceptors (Lipinski definition) is 4. The molecule has 2 N–H and O–H groups in total. The fourth-order valence-electron chi connectivity index (χ4n) is 2.15. The summed E-state index contributed by atoms with van der Waals surface area (Å²) in [4.78, 5) is 12.2. The molecule has 2 rings (SSSR count). The van der Waals surface area contributed by atoms with Gasteiger partial charge < -0.3 is 10.6 Å². The lowest BCUT2D eigenvalue weighted by molar-refractivity contribution is 0.0950. The summed E-state index contributed by atoms with van der Waals surface area (Å²) < 4.78 is 22.3. The average molecular weight is 310 g/mol. The van der Waals surface area contributed by atoms with Crippen molar-refractivity contribution < 1.29 is 13.2 Å². The summed E-state index contributed by atoms with van der Waals surface area (Å²) in [5.74, 6) is -0.236. The van der Waals surface area contributed by atoms with Gasteiger partial charge in [-0.1, -0.05) is 6.07 Å². The van der Waals surface area contributed by atoms with E-state index in [9.17, 15) is 13.2 Å². The number of amides is 1. The lowest BCUT2D eigenvalue weighted by atomic mass is 9.98. The molecule has 6 heteroatoms. The molecule has 1 heterocycles. The molecule has 1 aromatic carbocycles. The zero-order valence-corrected chi connectivity index (χ0v) is 13.5. The van der Waals surface area contributed by atoms with Crippen molar-refractivity contribution in [2.45, 2.75) is 31.6 Å². The number of benzene rings is 1. The molecular weight excluding hydrogens is 288 g/mol. The lowest BCUT2D eigenvalue weighted by Crippen LogP contribution is -2.43. The van der Waals surface area contributed by atoms with E-state index in [0.717, 1.165) is 25.1 Å².